The van der Waals surface area contributed by atoms with E-state index in [4.69, 9.17) is 21.4 Å². The first-order valence-electron chi connectivity index (χ1n) is 7.93. The van der Waals surface area contributed by atoms with Crippen LogP contribution in [0.5, 0.6) is 0 Å². The minimum absolute atomic E-state index is 0.163. The van der Waals surface area contributed by atoms with Crippen molar-refractivity contribution in [2.75, 3.05) is 6.61 Å². The van der Waals surface area contributed by atoms with Crippen LogP contribution in [0.25, 0.3) is 0 Å². The number of amides is 1. The minimum atomic E-state index is -0.986. The Kier molecular flexibility index (Phi) is 7.44. The quantitative estimate of drug-likeness (QED) is 0.669. The van der Waals surface area contributed by atoms with E-state index in [2.05, 4.69) is 5.32 Å². The van der Waals surface area contributed by atoms with Crippen molar-refractivity contribution in [2.24, 2.45) is 0 Å². The minimum Gasteiger partial charge on any atom is -0.481 e. The SMILES string of the molecule is O=C(O)C[C@H](NC(=O)CCOCc1ccccc1)c1ccc(Cl)cc1. The first kappa shape index (κ1) is 19.0. The predicted molar refractivity (Wildman–Crippen MR) is 95.3 cm³/mol. The normalized spacial score (nSPS) is 11.7. The van der Waals surface area contributed by atoms with Gasteiger partial charge in [-0.2, -0.15) is 0 Å². The summed E-state index contributed by atoms with van der Waals surface area (Å²) in [7, 11) is 0. The van der Waals surface area contributed by atoms with Gasteiger partial charge >= 0.3 is 5.97 Å². The number of rotatable bonds is 9. The molecule has 1 amide bonds. The van der Waals surface area contributed by atoms with Crippen LogP contribution in [0.2, 0.25) is 5.02 Å². The fourth-order valence-corrected chi connectivity index (χ4v) is 2.44. The lowest BCUT2D eigenvalue weighted by Gasteiger charge is -2.17. The topological polar surface area (TPSA) is 75.6 Å². The van der Waals surface area contributed by atoms with Crippen LogP contribution in [0.3, 0.4) is 0 Å². The number of aliphatic carboxylic acids is 1. The zero-order chi connectivity index (χ0) is 18.1. The van der Waals surface area contributed by atoms with Crippen molar-refractivity contribution in [3.63, 3.8) is 0 Å². The van der Waals surface area contributed by atoms with Crippen LogP contribution in [0, 0.1) is 0 Å². The van der Waals surface area contributed by atoms with E-state index in [1.165, 1.54) is 0 Å². The first-order chi connectivity index (χ1) is 12.0. The van der Waals surface area contributed by atoms with Gasteiger partial charge in [0.2, 0.25) is 5.91 Å². The van der Waals surface area contributed by atoms with Gasteiger partial charge in [0.15, 0.2) is 0 Å². The van der Waals surface area contributed by atoms with E-state index < -0.39 is 12.0 Å². The zero-order valence-corrected chi connectivity index (χ0v) is 14.4. The largest absolute Gasteiger partial charge is 0.481 e. The maximum absolute atomic E-state index is 12.1. The number of nitrogens with one attached hydrogen (secondary N) is 1. The third-order valence-electron chi connectivity index (χ3n) is 3.57. The molecule has 6 heteroatoms. The molecule has 0 aliphatic heterocycles. The highest BCUT2D eigenvalue weighted by molar-refractivity contribution is 6.30. The Morgan fingerprint density at radius 2 is 1.76 bits per heavy atom. The van der Waals surface area contributed by atoms with E-state index in [1.807, 2.05) is 30.3 Å². The van der Waals surface area contributed by atoms with Crippen LogP contribution in [0.1, 0.15) is 30.0 Å². The van der Waals surface area contributed by atoms with Crippen molar-refractivity contribution in [3.8, 4) is 0 Å². The van der Waals surface area contributed by atoms with Gasteiger partial charge in [-0.15, -0.1) is 0 Å². The summed E-state index contributed by atoms with van der Waals surface area (Å²) >= 11 is 5.84. The average Bonchev–Trinajstić information content (AvgIpc) is 2.59. The number of carboxylic acid groups (broad SMARTS) is 1. The summed E-state index contributed by atoms with van der Waals surface area (Å²) in [4.78, 5) is 23.1. The summed E-state index contributed by atoms with van der Waals surface area (Å²) < 4.78 is 5.48. The molecule has 2 N–H and O–H groups in total. The maximum Gasteiger partial charge on any atom is 0.305 e. The summed E-state index contributed by atoms with van der Waals surface area (Å²) in [5.74, 6) is -1.24. The number of ether oxygens (including phenoxy) is 1. The average molecular weight is 362 g/mol. The molecular formula is C19H20ClNO4. The van der Waals surface area contributed by atoms with Crippen LogP contribution in [-0.2, 0) is 20.9 Å². The molecule has 0 unspecified atom stereocenters. The molecule has 0 bridgehead atoms. The van der Waals surface area contributed by atoms with Gasteiger partial charge in [-0.05, 0) is 23.3 Å². The maximum atomic E-state index is 12.1. The van der Waals surface area contributed by atoms with Gasteiger partial charge in [-0.25, -0.2) is 0 Å². The molecule has 0 aliphatic rings. The first-order valence-corrected chi connectivity index (χ1v) is 8.30. The van der Waals surface area contributed by atoms with Gasteiger partial charge < -0.3 is 15.2 Å². The Labute approximate surface area is 151 Å². The van der Waals surface area contributed by atoms with Gasteiger partial charge in [0.25, 0.3) is 0 Å². The smallest absolute Gasteiger partial charge is 0.305 e. The number of carboxylic acids is 1. The summed E-state index contributed by atoms with van der Waals surface area (Å²) in [5.41, 5.74) is 1.73. The fourth-order valence-electron chi connectivity index (χ4n) is 2.32. The lowest BCUT2D eigenvalue weighted by Crippen LogP contribution is -2.30. The van der Waals surface area contributed by atoms with Crippen LogP contribution in [0.15, 0.2) is 54.6 Å². The molecule has 2 aromatic carbocycles. The molecule has 0 saturated heterocycles. The summed E-state index contributed by atoms with van der Waals surface area (Å²) in [5, 5.41) is 12.3. The highest BCUT2D eigenvalue weighted by atomic mass is 35.5. The Bertz CT molecular complexity index is 688. The molecule has 0 aromatic heterocycles. The van der Waals surface area contributed by atoms with Crippen molar-refractivity contribution in [3.05, 3.63) is 70.7 Å². The number of hydrogen-bond acceptors (Lipinski definition) is 3. The van der Waals surface area contributed by atoms with E-state index in [0.717, 1.165) is 5.56 Å². The summed E-state index contributed by atoms with van der Waals surface area (Å²) in [6, 6.07) is 15.8. The molecular weight excluding hydrogens is 342 g/mol. The lowest BCUT2D eigenvalue weighted by atomic mass is 10.0. The van der Waals surface area contributed by atoms with Crippen LogP contribution >= 0.6 is 11.6 Å². The molecule has 0 aliphatic carbocycles. The molecule has 5 nitrogen and oxygen atoms in total. The molecule has 0 saturated carbocycles. The van der Waals surface area contributed by atoms with E-state index in [-0.39, 0.29) is 25.4 Å². The van der Waals surface area contributed by atoms with Crippen molar-refractivity contribution < 1.29 is 19.4 Å². The highest BCUT2D eigenvalue weighted by Gasteiger charge is 2.18. The van der Waals surface area contributed by atoms with Gasteiger partial charge in [0.05, 0.1) is 25.7 Å². The van der Waals surface area contributed by atoms with Crippen molar-refractivity contribution in [2.45, 2.75) is 25.5 Å². The number of benzene rings is 2. The Morgan fingerprint density at radius 3 is 2.40 bits per heavy atom. The third kappa shape index (κ3) is 6.95. The van der Waals surface area contributed by atoms with Crippen molar-refractivity contribution in [1.29, 1.82) is 0 Å². The fraction of sp³-hybridized carbons (Fsp3) is 0.263. The number of carbonyl (C=O) groups excluding carboxylic acids is 1. The lowest BCUT2D eigenvalue weighted by molar-refractivity contribution is -0.137. The van der Waals surface area contributed by atoms with Crippen LogP contribution in [-0.4, -0.2) is 23.6 Å². The van der Waals surface area contributed by atoms with E-state index in [9.17, 15) is 9.59 Å². The summed E-state index contributed by atoms with van der Waals surface area (Å²) in [6.07, 6.45) is -0.0329. The zero-order valence-electron chi connectivity index (χ0n) is 13.7. The predicted octanol–water partition coefficient (Wildman–Crippen LogP) is 3.58. The van der Waals surface area contributed by atoms with Gasteiger partial charge in [0, 0.05) is 11.4 Å². The van der Waals surface area contributed by atoms with Gasteiger partial charge in [-0.1, -0.05) is 54.1 Å². The second-order valence-electron chi connectivity index (χ2n) is 5.56. The molecule has 132 valence electrons. The van der Waals surface area contributed by atoms with Gasteiger partial charge in [-0.3, -0.25) is 9.59 Å². The Morgan fingerprint density at radius 1 is 1.08 bits per heavy atom. The molecule has 0 fully saturated rings. The molecule has 0 spiro atoms. The van der Waals surface area contributed by atoms with Gasteiger partial charge in [0.1, 0.15) is 0 Å². The van der Waals surface area contributed by atoms with E-state index in [1.54, 1.807) is 24.3 Å². The molecule has 0 radical (unpaired) electrons. The second-order valence-corrected chi connectivity index (χ2v) is 5.99. The monoisotopic (exact) mass is 361 g/mol. The molecule has 2 aromatic rings. The van der Waals surface area contributed by atoms with Crippen molar-refractivity contribution >= 4 is 23.5 Å². The molecule has 2 rings (SSSR count). The van der Waals surface area contributed by atoms with E-state index >= 15 is 0 Å². The molecule has 25 heavy (non-hydrogen) atoms. The van der Waals surface area contributed by atoms with Crippen LogP contribution in [0.4, 0.5) is 0 Å². The third-order valence-corrected chi connectivity index (χ3v) is 3.82. The van der Waals surface area contributed by atoms with Crippen LogP contribution < -0.4 is 5.32 Å². The molecule has 0 heterocycles. The molecule has 1 atom stereocenters. The number of hydrogen-bond donors (Lipinski definition) is 2. The summed E-state index contributed by atoms with van der Waals surface area (Å²) in [6.45, 7) is 0.699. The highest BCUT2D eigenvalue weighted by Crippen LogP contribution is 2.19. The Balaban J connectivity index is 1.82. The standard InChI is InChI=1S/C19H20ClNO4/c20-16-8-6-15(7-9-16)17(12-19(23)24)21-18(22)10-11-25-13-14-4-2-1-3-5-14/h1-9,17H,10-13H2,(H,21,22)(H,23,24)/t17-/m0/s1. The number of halogens is 1. The van der Waals surface area contributed by atoms with Crippen molar-refractivity contribution in [1.82, 2.24) is 5.32 Å². The Hall–Kier alpha value is -2.37. The second kappa shape index (κ2) is 9.81. The van der Waals surface area contributed by atoms with E-state index in [0.29, 0.717) is 17.2 Å². The number of carbonyl (C=O) groups is 2.